The van der Waals surface area contributed by atoms with E-state index in [1.54, 1.807) is 125 Å². The summed E-state index contributed by atoms with van der Waals surface area (Å²) in [5, 5.41) is 3.14. The maximum absolute atomic E-state index is 14.3. The van der Waals surface area contributed by atoms with Gasteiger partial charge in [0.15, 0.2) is 18.5 Å². The van der Waals surface area contributed by atoms with Crippen molar-refractivity contribution in [2.24, 2.45) is 0 Å². The summed E-state index contributed by atoms with van der Waals surface area (Å²) in [7, 11) is 0. The molecule has 87 heavy (non-hydrogen) atoms. The van der Waals surface area contributed by atoms with E-state index in [9.17, 15) is 28.8 Å². The van der Waals surface area contributed by atoms with Gasteiger partial charge in [0.25, 0.3) is 0 Å². The summed E-state index contributed by atoms with van der Waals surface area (Å²) in [6.07, 6.45) is 23.1. The molecule has 1 aliphatic heterocycles. The first-order valence-corrected chi connectivity index (χ1v) is 32.9. The largest absolute Gasteiger partial charge is 0.461 e. The third-order valence-corrected chi connectivity index (χ3v) is 15.0. The molecule has 4 rings (SSSR count). The Bertz CT molecular complexity index is 2370. The van der Waals surface area contributed by atoms with Crippen LogP contribution in [0.5, 0.6) is 0 Å². The Morgan fingerprint density at radius 1 is 0.483 bits per heavy atom. The van der Waals surface area contributed by atoms with Crippen LogP contribution < -0.4 is 5.32 Å². The fourth-order valence-corrected chi connectivity index (χ4v) is 10.3. The van der Waals surface area contributed by atoms with Gasteiger partial charge in [-0.2, -0.15) is 0 Å². The van der Waals surface area contributed by atoms with Crippen molar-refractivity contribution in [1.29, 1.82) is 0 Å². The number of nitrogens with one attached hydrogen (secondary N) is 1. The molecule has 1 heterocycles. The summed E-state index contributed by atoms with van der Waals surface area (Å²) in [6.45, 7) is 9.25. The van der Waals surface area contributed by atoms with Crippen LogP contribution in [0, 0.1) is 0 Å². The molecule has 1 fully saturated rings. The van der Waals surface area contributed by atoms with Crippen LogP contribution in [-0.4, -0.2) is 117 Å². The average Bonchev–Trinajstić information content (AvgIpc) is 1.09. The van der Waals surface area contributed by atoms with Crippen molar-refractivity contribution < 1.29 is 71.4 Å². The first-order chi connectivity index (χ1) is 42.3. The number of unbranched alkanes of at least 4 members (excludes halogenated alkanes) is 23. The monoisotopic (exact) mass is 1210 g/mol. The van der Waals surface area contributed by atoms with E-state index < -0.39 is 111 Å². The van der Waals surface area contributed by atoms with Crippen molar-refractivity contribution in [3.05, 3.63) is 120 Å². The van der Waals surface area contributed by atoms with E-state index in [0.29, 0.717) is 18.4 Å². The van der Waals surface area contributed by atoms with Crippen LogP contribution in [0.4, 0.5) is 0 Å². The van der Waals surface area contributed by atoms with Crippen LogP contribution in [0.3, 0.4) is 0 Å². The van der Waals surface area contributed by atoms with Crippen LogP contribution in [-0.2, 0) is 57.0 Å². The molecule has 16 nitrogen and oxygen atoms in total. The van der Waals surface area contributed by atoms with Gasteiger partial charge in [-0.25, -0.2) is 24.0 Å². The minimum Gasteiger partial charge on any atom is -0.461 e. The summed E-state index contributed by atoms with van der Waals surface area (Å²) in [5.41, 5.74) is 0.589. The second-order valence-electron chi connectivity index (χ2n) is 23.4. The van der Waals surface area contributed by atoms with Crippen molar-refractivity contribution in [2.45, 2.75) is 264 Å². The van der Waals surface area contributed by atoms with Crippen LogP contribution in [0.25, 0.3) is 0 Å². The van der Waals surface area contributed by atoms with Crippen LogP contribution >= 0.6 is 0 Å². The van der Waals surface area contributed by atoms with E-state index in [2.05, 4.69) is 19.2 Å². The quantitative estimate of drug-likeness (QED) is 0.0242. The zero-order valence-corrected chi connectivity index (χ0v) is 53.3. The summed E-state index contributed by atoms with van der Waals surface area (Å²) in [4.78, 5) is 82.9. The molecule has 0 saturated carbocycles. The van der Waals surface area contributed by atoms with Gasteiger partial charge in [0, 0.05) is 6.42 Å². The van der Waals surface area contributed by atoms with Gasteiger partial charge in [-0.3, -0.25) is 4.79 Å². The summed E-state index contributed by atoms with van der Waals surface area (Å²) in [5.74, 6) is -4.02. The molecule has 0 aliphatic carbocycles. The van der Waals surface area contributed by atoms with E-state index in [4.69, 9.17) is 42.6 Å². The third-order valence-electron chi connectivity index (χ3n) is 15.0. The normalized spacial score (nSPS) is 17.4. The summed E-state index contributed by atoms with van der Waals surface area (Å²) < 4.78 is 55.2. The molecular weight excluding hydrogens is 1110 g/mol. The Balaban J connectivity index is 1.71. The highest BCUT2D eigenvalue weighted by molar-refractivity contribution is 5.91. The fourth-order valence-electron chi connectivity index (χ4n) is 10.3. The maximum atomic E-state index is 14.3. The number of hydrogen-bond acceptors (Lipinski definition) is 15. The van der Waals surface area contributed by atoms with Gasteiger partial charge in [-0.05, 0) is 89.4 Å². The topological polar surface area (TPSA) is 198 Å². The van der Waals surface area contributed by atoms with Crippen LogP contribution in [0.15, 0.2) is 103 Å². The van der Waals surface area contributed by atoms with Gasteiger partial charge in [0.2, 0.25) is 5.91 Å². The number of hydrogen-bond donors (Lipinski definition) is 1. The van der Waals surface area contributed by atoms with Gasteiger partial charge in [0.05, 0.1) is 48.2 Å². The number of esters is 5. The van der Waals surface area contributed by atoms with Crippen molar-refractivity contribution in [3.63, 3.8) is 0 Å². The lowest BCUT2D eigenvalue weighted by atomic mass is 9.97. The lowest BCUT2D eigenvalue weighted by molar-refractivity contribution is -0.308. The van der Waals surface area contributed by atoms with E-state index in [1.165, 1.54) is 103 Å². The molecule has 1 N–H and O–H groups in total. The molecule has 0 radical (unpaired) electrons. The molecule has 3 aromatic rings. The number of allylic oxidation sites excluding steroid dienone is 1. The van der Waals surface area contributed by atoms with Gasteiger partial charge in [-0.15, -0.1) is 0 Å². The van der Waals surface area contributed by atoms with E-state index in [0.717, 1.165) is 44.9 Å². The Morgan fingerprint density at radius 2 is 0.908 bits per heavy atom. The number of ether oxygens (including phenoxy) is 9. The van der Waals surface area contributed by atoms with E-state index in [1.807, 2.05) is 6.08 Å². The van der Waals surface area contributed by atoms with E-state index >= 15 is 0 Å². The average molecular weight is 1210 g/mol. The van der Waals surface area contributed by atoms with Gasteiger partial charge < -0.3 is 47.9 Å². The third kappa shape index (κ3) is 31.7. The SMILES string of the molecule is CCCCCCCCCCCCC/C=C/[C@@H](OC(=O)c1ccccc1)[C@H](CO[C@H]1O[C@H](COCC(=O)OC(C)C)[C@H](OCC(=O)OC(C)C)[C@H](OC(=O)c2ccccc2)[C@H]1OC(=O)c1ccccc1)NC(=O)CCCCCCCCCCCCCCC. The van der Waals surface area contributed by atoms with Crippen molar-refractivity contribution in [2.75, 3.05) is 26.4 Å². The zero-order chi connectivity index (χ0) is 62.7. The molecule has 0 unspecified atom stereocenters. The molecule has 0 aromatic heterocycles. The highest BCUT2D eigenvalue weighted by Gasteiger charge is 2.53. The number of amides is 1. The molecule has 0 spiro atoms. The molecule has 1 amide bonds. The first kappa shape index (κ1) is 73.5. The van der Waals surface area contributed by atoms with Gasteiger partial charge in [0.1, 0.15) is 31.5 Å². The molecule has 1 saturated heterocycles. The first-order valence-electron chi connectivity index (χ1n) is 32.9. The van der Waals surface area contributed by atoms with Gasteiger partial charge >= 0.3 is 29.8 Å². The maximum Gasteiger partial charge on any atom is 0.338 e. The fraction of sp³-hybridized carbons (Fsp3) is 0.634. The number of carbonyl (C=O) groups is 6. The van der Waals surface area contributed by atoms with Crippen molar-refractivity contribution in [1.82, 2.24) is 5.32 Å². The lowest BCUT2D eigenvalue weighted by Crippen LogP contribution is -2.63. The molecular formula is C71H105NO15. The Labute approximate surface area is 520 Å². The molecule has 3 aromatic carbocycles. The highest BCUT2D eigenvalue weighted by atomic mass is 16.7. The predicted octanol–water partition coefficient (Wildman–Crippen LogP) is 14.9. The molecule has 1 aliphatic rings. The Hall–Kier alpha value is -5.94. The van der Waals surface area contributed by atoms with Crippen LogP contribution in [0.2, 0.25) is 0 Å². The smallest absolute Gasteiger partial charge is 0.338 e. The second-order valence-corrected chi connectivity index (χ2v) is 23.4. The predicted molar refractivity (Wildman–Crippen MR) is 337 cm³/mol. The standard InChI is InChI=1S/C71H105NO15/c1-7-9-11-13-15-17-19-21-23-25-27-29-40-48-60(84-68(76)56-42-34-31-35-43-56)59(72-62(73)49-41-30-28-26-24-22-20-18-16-14-12-10-8-2)50-81-71-67(87-70(78)58-46-38-33-39-47-58)66(86-69(77)57-44-36-32-37-45-57)65(80-53-64(75)83-55(5)6)61(85-71)51-79-52-63(74)82-54(3)4/h31-40,42-48,54-55,59-61,65-67,71H,7-30,41,49-53H2,1-6H3,(H,72,73)/b48-40+/t59-,60+,61+,65-,66-,67+,71-/m0/s1. The lowest BCUT2D eigenvalue weighted by Gasteiger charge is -2.45. The summed E-state index contributed by atoms with van der Waals surface area (Å²) >= 11 is 0. The van der Waals surface area contributed by atoms with Crippen molar-refractivity contribution in [3.8, 4) is 0 Å². The van der Waals surface area contributed by atoms with Crippen molar-refractivity contribution >= 4 is 35.8 Å². The van der Waals surface area contributed by atoms with Gasteiger partial charge in [-0.1, -0.05) is 216 Å². The Morgan fingerprint density at radius 3 is 1.38 bits per heavy atom. The molecule has 7 atom stereocenters. The highest BCUT2D eigenvalue weighted by Crippen LogP contribution is 2.32. The van der Waals surface area contributed by atoms with Crippen LogP contribution in [0.1, 0.15) is 240 Å². The van der Waals surface area contributed by atoms with E-state index in [-0.39, 0.29) is 23.5 Å². The second kappa shape index (κ2) is 45.3. The minimum atomic E-state index is -1.64. The number of rotatable bonds is 47. The Kier molecular flexibility index (Phi) is 38.3. The summed E-state index contributed by atoms with van der Waals surface area (Å²) in [6, 6.07) is 23.8. The minimum absolute atomic E-state index is 0.144. The molecule has 0 bridgehead atoms. The number of benzene rings is 3. The number of carbonyl (C=O) groups excluding carboxylic acids is 6. The molecule has 484 valence electrons. The molecule has 16 heteroatoms. The zero-order valence-electron chi connectivity index (χ0n) is 53.3.